The maximum Gasteiger partial charge on any atom is 0.224 e. The summed E-state index contributed by atoms with van der Waals surface area (Å²) in [5.74, 6) is 3.82. The molecule has 1 aromatic rings. The Morgan fingerprint density at radius 2 is 1.41 bits per heavy atom. The van der Waals surface area contributed by atoms with Crippen LogP contribution in [0.3, 0.4) is 0 Å². The van der Waals surface area contributed by atoms with E-state index in [1.807, 2.05) is 4.90 Å². The van der Waals surface area contributed by atoms with Crippen molar-refractivity contribution in [1.82, 2.24) is 4.90 Å². The van der Waals surface area contributed by atoms with Gasteiger partial charge in [-0.3, -0.25) is 4.90 Å². The number of piperidine rings is 1. The molecule has 0 aliphatic carbocycles. The molecule has 0 aromatic heterocycles. The van der Waals surface area contributed by atoms with Crippen LogP contribution in [-0.2, 0) is 30.3 Å². The Morgan fingerprint density at radius 1 is 0.755 bits per heavy atom. The quantitative estimate of drug-likeness (QED) is 0.102. The average molecular weight is 702 g/mol. The van der Waals surface area contributed by atoms with Crippen molar-refractivity contribution >= 4 is 0 Å². The second-order valence-corrected chi connectivity index (χ2v) is 12.8. The van der Waals surface area contributed by atoms with Gasteiger partial charge in [0.2, 0.25) is 5.79 Å². The Labute approximate surface area is 282 Å². The smallest absolute Gasteiger partial charge is 0.224 e. The summed E-state index contributed by atoms with van der Waals surface area (Å²) < 4.78 is 28.3. The molecule has 11 N–H and O–H groups in total. The van der Waals surface area contributed by atoms with Crippen LogP contribution in [0.4, 0.5) is 0 Å². The Hall–Kier alpha value is -1.90. The molecule has 276 valence electrons. The molecule has 17 heteroatoms. The van der Waals surface area contributed by atoms with Crippen LogP contribution in [-0.4, -0.2) is 186 Å². The fourth-order valence-corrected chi connectivity index (χ4v) is 6.51. The summed E-state index contributed by atoms with van der Waals surface area (Å²) in [6, 6.07) is 6.18. The van der Waals surface area contributed by atoms with E-state index in [-0.39, 0.29) is 6.61 Å². The van der Waals surface area contributed by atoms with Gasteiger partial charge in [0.05, 0.1) is 19.8 Å². The third-order valence-corrected chi connectivity index (χ3v) is 9.52. The van der Waals surface area contributed by atoms with Crippen molar-refractivity contribution < 1.29 is 79.9 Å². The SMILES string of the molecule is OCc1ccc(C#CC([C@H]2O[C@H](OC[C@H]3O[C@H](O[C@]4(CO)O[C@H](CO)[C@@H](O)[C@@H]4O)[C@H](O)[C@@H](O)[C@@H]3O)[C@H](O)[C@@H](O)[C@H]2O)N2CCCCC2)cc1. The van der Waals surface area contributed by atoms with Crippen LogP contribution < -0.4 is 0 Å². The highest BCUT2D eigenvalue weighted by Gasteiger charge is 2.58. The number of ether oxygens (including phenoxy) is 5. The van der Waals surface area contributed by atoms with Gasteiger partial charge in [-0.05, 0) is 43.6 Å². The number of aliphatic hydroxyl groups excluding tert-OH is 11. The normalized spacial score (nSPS) is 42.4. The molecule has 1 aromatic carbocycles. The summed E-state index contributed by atoms with van der Waals surface area (Å²) in [5, 5.41) is 114. The molecule has 4 fully saturated rings. The van der Waals surface area contributed by atoms with Crippen molar-refractivity contribution in [2.24, 2.45) is 0 Å². The highest BCUT2D eigenvalue weighted by molar-refractivity contribution is 5.37. The van der Waals surface area contributed by atoms with E-state index in [0.29, 0.717) is 24.2 Å². The van der Waals surface area contributed by atoms with Gasteiger partial charge in [0.25, 0.3) is 0 Å². The highest BCUT2D eigenvalue weighted by Crippen LogP contribution is 2.36. The lowest BCUT2D eigenvalue weighted by Gasteiger charge is -2.46. The zero-order valence-electron chi connectivity index (χ0n) is 26.7. The number of benzene rings is 1. The van der Waals surface area contributed by atoms with Crippen LogP contribution >= 0.6 is 0 Å². The molecule has 49 heavy (non-hydrogen) atoms. The summed E-state index contributed by atoms with van der Waals surface area (Å²) in [5.41, 5.74) is 1.35. The molecule has 0 bridgehead atoms. The summed E-state index contributed by atoms with van der Waals surface area (Å²) >= 11 is 0. The average Bonchev–Trinajstić information content (AvgIpc) is 3.37. The number of hydrogen-bond acceptors (Lipinski definition) is 17. The van der Waals surface area contributed by atoms with Gasteiger partial charge in [0, 0.05) is 5.56 Å². The second-order valence-electron chi connectivity index (χ2n) is 12.8. The maximum absolute atomic E-state index is 11.1. The minimum absolute atomic E-state index is 0.125. The zero-order valence-corrected chi connectivity index (χ0v) is 26.7. The van der Waals surface area contributed by atoms with Gasteiger partial charge >= 0.3 is 0 Å². The molecule has 0 amide bonds. The standard InChI is InChI=1S/C32H47NO16/c34-12-17-6-4-16(5-7-17)8-9-18(33-10-2-1-3-11-33)28-25(41)24(40)26(42)30(47-28)45-14-20-21(37)23(39)27(43)31(46-20)49-32(15-36)29(44)22(38)19(13-35)48-32/h4-7,18-31,34-44H,1-3,10-15H2/t18?,19-,20-,21-,22-,23+,24+,25-,26-,27-,28-,29+,30+,31-,32+/m1/s1. The number of rotatable bonds is 10. The molecule has 4 aliphatic heterocycles. The van der Waals surface area contributed by atoms with E-state index in [1.54, 1.807) is 24.3 Å². The predicted octanol–water partition coefficient (Wildman–Crippen LogP) is -5.17. The predicted molar refractivity (Wildman–Crippen MR) is 163 cm³/mol. The van der Waals surface area contributed by atoms with Crippen molar-refractivity contribution in [3.8, 4) is 11.8 Å². The summed E-state index contributed by atoms with van der Waals surface area (Å²) in [4.78, 5) is 2.01. The van der Waals surface area contributed by atoms with Gasteiger partial charge in [-0.15, -0.1) is 0 Å². The van der Waals surface area contributed by atoms with Gasteiger partial charge in [-0.2, -0.15) is 0 Å². The summed E-state index contributed by atoms with van der Waals surface area (Å²) in [6.07, 6.45) is -19.1. The van der Waals surface area contributed by atoms with Gasteiger partial charge in [0.15, 0.2) is 12.6 Å². The lowest BCUT2D eigenvalue weighted by Crippen LogP contribution is -2.65. The first-order valence-electron chi connectivity index (χ1n) is 16.3. The molecular formula is C32H47NO16. The van der Waals surface area contributed by atoms with E-state index in [1.165, 1.54) is 0 Å². The Bertz CT molecular complexity index is 1260. The summed E-state index contributed by atoms with van der Waals surface area (Å²) in [6.45, 7) is -1.30. The van der Waals surface area contributed by atoms with Crippen LogP contribution in [0.1, 0.15) is 30.4 Å². The Kier molecular flexibility index (Phi) is 13.0. The minimum Gasteiger partial charge on any atom is -0.394 e. The van der Waals surface area contributed by atoms with Crippen LogP contribution in [0.15, 0.2) is 24.3 Å². The zero-order chi connectivity index (χ0) is 35.5. The minimum atomic E-state index is -2.38. The van der Waals surface area contributed by atoms with E-state index < -0.39 is 111 Å². The lowest BCUT2D eigenvalue weighted by molar-refractivity contribution is -0.388. The van der Waals surface area contributed by atoms with Gasteiger partial charge in [-0.25, -0.2) is 0 Å². The Morgan fingerprint density at radius 3 is 2.02 bits per heavy atom. The van der Waals surface area contributed by atoms with Crippen LogP contribution in [0.2, 0.25) is 0 Å². The van der Waals surface area contributed by atoms with Crippen LogP contribution in [0, 0.1) is 11.8 Å². The van der Waals surface area contributed by atoms with E-state index in [0.717, 1.165) is 19.3 Å². The molecule has 5 rings (SSSR count). The molecule has 1 unspecified atom stereocenters. The maximum atomic E-state index is 11.1. The van der Waals surface area contributed by atoms with Crippen molar-refractivity contribution in [2.75, 3.05) is 32.9 Å². The van der Waals surface area contributed by atoms with Crippen LogP contribution in [0.5, 0.6) is 0 Å². The molecule has 0 spiro atoms. The fraction of sp³-hybridized carbons (Fsp3) is 0.750. The third kappa shape index (κ3) is 8.12. The van der Waals surface area contributed by atoms with Crippen LogP contribution in [0.25, 0.3) is 0 Å². The highest BCUT2D eigenvalue weighted by atomic mass is 16.8. The van der Waals surface area contributed by atoms with E-state index >= 15 is 0 Å². The third-order valence-electron chi connectivity index (χ3n) is 9.52. The molecule has 0 radical (unpaired) electrons. The Balaban J connectivity index is 1.31. The molecule has 17 nitrogen and oxygen atoms in total. The van der Waals surface area contributed by atoms with Crippen molar-refractivity contribution in [2.45, 2.75) is 117 Å². The second kappa shape index (κ2) is 16.6. The first-order chi connectivity index (χ1) is 23.4. The topological polar surface area (TPSA) is 272 Å². The number of likely N-dealkylation sites (tertiary alicyclic amines) is 1. The first-order valence-corrected chi connectivity index (χ1v) is 16.3. The van der Waals surface area contributed by atoms with Crippen molar-refractivity contribution in [3.05, 3.63) is 35.4 Å². The number of nitrogens with zero attached hydrogens (tertiary/aromatic N) is 1. The number of hydrogen-bond donors (Lipinski definition) is 11. The first kappa shape index (κ1) is 38.3. The van der Waals surface area contributed by atoms with E-state index in [4.69, 9.17) is 23.7 Å². The van der Waals surface area contributed by atoms with Gasteiger partial charge in [0.1, 0.15) is 79.8 Å². The van der Waals surface area contributed by atoms with Crippen molar-refractivity contribution in [3.63, 3.8) is 0 Å². The largest absolute Gasteiger partial charge is 0.394 e. The van der Waals surface area contributed by atoms with E-state index in [9.17, 15) is 56.2 Å². The molecular weight excluding hydrogens is 654 g/mol. The van der Waals surface area contributed by atoms with E-state index in [2.05, 4.69) is 11.8 Å². The monoisotopic (exact) mass is 701 g/mol. The van der Waals surface area contributed by atoms with Crippen molar-refractivity contribution in [1.29, 1.82) is 0 Å². The lowest BCUT2D eigenvalue weighted by atomic mass is 9.92. The fourth-order valence-electron chi connectivity index (χ4n) is 6.51. The molecule has 0 saturated carbocycles. The number of aliphatic hydroxyl groups is 11. The van der Waals surface area contributed by atoms with Gasteiger partial charge < -0.3 is 79.9 Å². The summed E-state index contributed by atoms with van der Waals surface area (Å²) in [7, 11) is 0. The molecule has 4 aliphatic rings. The molecule has 4 heterocycles. The van der Waals surface area contributed by atoms with Gasteiger partial charge in [-0.1, -0.05) is 30.4 Å². The molecule has 4 saturated heterocycles. The molecule has 15 atom stereocenters.